The third-order valence-corrected chi connectivity index (χ3v) is 6.41. The Morgan fingerprint density at radius 3 is 2.77 bits per heavy atom. The Morgan fingerprint density at radius 2 is 1.97 bits per heavy atom. The number of nitrogens with two attached hydrogens (primary N) is 1. The molecule has 7 heteroatoms. The number of hydrogen-bond acceptors (Lipinski definition) is 5. The lowest BCUT2D eigenvalue weighted by atomic mass is 10.1. The largest absolute Gasteiger partial charge is 0.489 e. The predicted octanol–water partition coefficient (Wildman–Crippen LogP) is 4.33. The summed E-state index contributed by atoms with van der Waals surface area (Å²) in [5.41, 5.74) is 10.2. The van der Waals surface area contributed by atoms with Gasteiger partial charge in [0.05, 0.1) is 18.9 Å². The molecular formula is C28H38N4O3. The second kappa shape index (κ2) is 11.0. The predicted molar refractivity (Wildman–Crippen MR) is 141 cm³/mol. The van der Waals surface area contributed by atoms with Crippen LogP contribution in [-0.4, -0.2) is 41.7 Å². The number of ether oxygens (including phenoxy) is 2. The summed E-state index contributed by atoms with van der Waals surface area (Å²) >= 11 is 0. The molecule has 0 radical (unpaired) electrons. The van der Waals surface area contributed by atoms with E-state index in [-0.39, 0.29) is 11.8 Å². The van der Waals surface area contributed by atoms with Crippen molar-refractivity contribution in [3.63, 3.8) is 0 Å². The van der Waals surface area contributed by atoms with Crippen LogP contribution in [0.1, 0.15) is 38.3 Å². The number of carbonyl (C=O) groups is 1. The summed E-state index contributed by atoms with van der Waals surface area (Å²) in [6.45, 7) is 9.96. The molecule has 188 valence electrons. The number of nitrogens with zero attached hydrogens (tertiary/aromatic N) is 2. The summed E-state index contributed by atoms with van der Waals surface area (Å²) in [6.07, 6.45) is 2.90. The fraction of sp³-hybridized carbons (Fsp3) is 0.464. The van der Waals surface area contributed by atoms with Crippen LogP contribution in [0, 0.1) is 11.8 Å². The molecule has 0 bridgehead atoms. The van der Waals surface area contributed by atoms with E-state index in [0.717, 1.165) is 18.5 Å². The molecule has 1 unspecified atom stereocenters. The van der Waals surface area contributed by atoms with Crippen LogP contribution < -0.4 is 20.5 Å². The monoisotopic (exact) mass is 478 g/mol. The maximum Gasteiger partial charge on any atom is 0.226 e. The van der Waals surface area contributed by atoms with Crippen LogP contribution in [-0.2, 0) is 24.9 Å². The lowest BCUT2D eigenvalue weighted by molar-refractivity contribution is -0.136. The van der Waals surface area contributed by atoms with Gasteiger partial charge in [0.25, 0.3) is 0 Å². The van der Waals surface area contributed by atoms with E-state index in [2.05, 4.69) is 61.2 Å². The molecule has 0 saturated carbocycles. The Balaban J connectivity index is 1.41. The number of aromatic nitrogens is 1. The van der Waals surface area contributed by atoms with E-state index in [1.54, 1.807) is 0 Å². The molecule has 0 fully saturated rings. The van der Waals surface area contributed by atoms with Crippen molar-refractivity contribution in [3.05, 3.63) is 53.7 Å². The molecule has 4 rings (SSSR count). The number of aryl methyl sites for hydroxylation is 1. The first-order chi connectivity index (χ1) is 16.8. The van der Waals surface area contributed by atoms with Crippen molar-refractivity contribution in [3.8, 4) is 11.5 Å². The first kappa shape index (κ1) is 24.9. The molecule has 2 heterocycles. The lowest BCUT2D eigenvalue weighted by Gasteiger charge is -2.28. The Bertz CT molecular complexity index is 1170. The molecule has 35 heavy (non-hydrogen) atoms. The van der Waals surface area contributed by atoms with Crippen LogP contribution in [0.3, 0.4) is 0 Å². The molecule has 1 aliphatic heterocycles. The molecule has 7 nitrogen and oxygen atoms in total. The van der Waals surface area contributed by atoms with Gasteiger partial charge in [0.1, 0.15) is 0 Å². The van der Waals surface area contributed by atoms with E-state index in [0.29, 0.717) is 56.0 Å². The number of benzene rings is 2. The van der Waals surface area contributed by atoms with Crippen molar-refractivity contribution >= 4 is 22.5 Å². The smallest absolute Gasteiger partial charge is 0.226 e. The number of carbonyl (C=O) groups excluding carboxylic acids is 1. The Kier molecular flexibility index (Phi) is 7.86. The number of amides is 1. The highest BCUT2D eigenvalue weighted by Gasteiger charge is 2.23. The fourth-order valence-electron chi connectivity index (χ4n) is 4.69. The zero-order chi connectivity index (χ0) is 24.9. The summed E-state index contributed by atoms with van der Waals surface area (Å²) < 4.78 is 13.7. The zero-order valence-electron chi connectivity index (χ0n) is 21.3. The van der Waals surface area contributed by atoms with Gasteiger partial charge in [-0.1, -0.05) is 32.9 Å². The summed E-state index contributed by atoms with van der Waals surface area (Å²) in [6, 6.07) is 12.4. The second-order valence-corrected chi connectivity index (χ2v) is 9.98. The van der Waals surface area contributed by atoms with Gasteiger partial charge < -0.3 is 30.0 Å². The van der Waals surface area contributed by atoms with Crippen molar-refractivity contribution in [2.75, 3.05) is 32.0 Å². The Morgan fingerprint density at radius 1 is 1.17 bits per heavy atom. The van der Waals surface area contributed by atoms with Crippen molar-refractivity contribution in [2.24, 2.45) is 18.9 Å². The minimum Gasteiger partial charge on any atom is -0.489 e. The number of rotatable bonds is 9. The summed E-state index contributed by atoms with van der Waals surface area (Å²) in [5.74, 6) is 1.61. The Labute approximate surface area is 208 Å². The van der Waals surface area contributed by atoms with E-state index >= 15 is 0 Å². The molecular weight excluding hydrogens is 440 g/mol. The molecule has 1 atom stereocenters. The maximum absolute atomic E-state index is 13.5. The molecule has 0 aliphatic carbocycles. The standard InChI is InChI=1S/C28H38N4O3/c1-19(2)17-32(18-21-13-24(29)27-26(14-21)34-11-6-12-35-27)28(33)20(3)15-30-16-22-7-5-8-25-23(22)9-10-31(25)4/h5,7-10,13-14,19-20,30H,6,11-12,15-18,29H2,1-4H3. The van der Waals surface area contributed by atoms with Crippen LogP contribution in [0.15, 0.2) is 42.6 Å². The van der Waals surface area contributed by atoms with Crippen LogP contribution in [0.25, 0.3) is 10.9 Å². The van der Waals surface area contributed by atoms with E-state index < -0.39 is 0 Å². The van der Waals surface area contributed by atoms with E-state index in [9.17, 15) is 4.79 Å². The van der Waals surface area contributed by atoms with Gasteiger partial charge in [0, 0.05) is 62.7 Å². The van der Waals surface area contributed by atoms with E-state index in [4.69, 9.17) is 15.2 Å². The molecule has 3 N–H and O–H groups in total. The summed E-state index contributed by atoms with van der Waals surface area (Å²) in [5, 5.41) is 4.74. The highest BCUT2D eigenvalue weighted by Crippen LogP contribution is 2.37. The van der Waals surface area contributed by atoms with Gasteiger partial charge in [-0.25, -0.2) is 0 Å². The van der Waals surface area contributed by atoms with Gasteiger partial charge in [0.2, 0.25) is 5.91 Å². The molecule has 0 saturated heterocycles. The molecule has 0 spiro atoms. The van der Waals surface area contributed by atoms with Crippen LogP contribution >= 0.6 is 0 Å². The van der Waals surface area contributed by atoms with Gasteiger partial charge in [-0.2, -0.15) is 0 Å². The van der Waals surface area contributed by atoms with Gasteiger partial charge in [-0.3, -0.25) is 4.79 Å². The van der Waals surface area contributed by atoms with Crippen molar-refractivity contribution in [2.45, 2.75) is 40.3 Å². The van der Waals surface area contributed by atoms with E-state index in [1.165, 1.54) is 16.5 Å². The minimum absolute atomic E-state index is 0.134. The van der Waals surface area contributed by atoms with Crippen LogP contribution in [0.2, 0.25) is 0 Å². The molecule has 1 amide bonds. The quantitative estimate of drug-likeness (QED) is 0.448. The minimum atomic E-state index is -0.151. The molecule has 1 aromatic heterocycles. The van der Waals surface area contributed by atoms with Crippen molar-refractivity contribution in [1.82, 2.24) is 14.8 Å². The summed E-state index contributed by atoms with van der Waals surface area (Å²) in [7, 11) is 2.06. The van der Waals surface area contributed by atoms with Crippen LogP contribution in [0.5, 0.6) is 11.5 Å². The highest BCUT2D eigenvalue weighted by molar-refractivity contribution is 5.83. The average Bonchev–Trinajstić information content (AvgIpc) is 3.04. The summed E-state index contributed by atoms with van der Waals surface area (Å²) in [4.78, 5) is 15.4. The van der Waals surface area contributed by atoms with Gasteiger partial charge >= 0.3 is 0 Å². The first-order valence-electron chi connectivity index (χ1n) is 12.5. The number of nitrogens with one attached hydrogen (secondary N) is 1. The molecule has 1 aliphatic rings. The third-order valence-electron chi connectivity index (χ3n) is 6.41. The topological polar surface area (TPSA) is 81.8 Å². The highest BCUT2D eigenvalue weighted by atomic mass is 16.5. The number of hydrogen-bond donors (Lipinski definition) is 2. The normalized spacial score (nSPS) is 14.2. The van der Waals surface area contributed by atoms with Gasteiger partial charge in [0.15, 0.2) is 11.5 Å². The van der Waals surface area contributed by atoms with Crippen molar-refractivity contribution < 1.29 is 14.3 Å². The number of nitrogen functional groups attached to an aromatic ring is 1. The van der Waals surface area contributed by atoms with Crippen molar-refractivity contribution in [1.29, 1.82) is 0 Å². The Hall–Kier alpha value is -3.19. The average molecular weight is 479 g/mol. The fourth-order valence-corrected chi connectivity index (χ4v) is 4.69. The molecule has 3 aromatic rings. The lowest BCUT2D eigenvalue weighted by Crippen LogP contribution is -2.40. The number of anilines is 1. The number of fused-ring (bicyclic) bond motifs is 2. The SMILES string of the molecule is CC(C)CN(Cc1cc(N)c2c(c1)OCCCO2)C(=O)C(C)CNCc1cccc2c1ccn2C. The maximum atomic E-state index is 13.5. The van der Waals surface area contributed by atoms with Gasteiger partial charge in [-0.05, 0) is 41.3 Å². The van der Waals surface area contributed by atoms with Crippen LogP contribution in [0.4, 0.5) is 5.69 Å². The zero-order valence-corrected chi connectivity index (χ0v) is 21.3. The second-order valence-electron chi connectivity index (χ2n) is 9.98. The van der Waals surface area contributed by atoms with Gasteiger partial charge in [-0.15, -0.1) is 0 Å². The molecule has 2 aromatic carbocycles. The van der Waals surface area contributed by atoms with E-state index in [1.807, 2.05) is 24.0 Å². The third kappa shape index (κ3) is 5.90. The first-order valence-corrected chi connectivity index (χ1v) is 12.5.